The molecule has 2 bridgehead atoms. The Bertz CT molecular complexity index is 238. The molecule has 100 valence electrons. The van der Waals surface area contributed by atoms with Crippen LogP contribution in [0.3, 0.4) is 0 Å². The molecule has 4 heteroatoms. The normalized spacial score (nSPS) is 31.8. The van der Waals surface area contributed by atoms with E-state index in [1.54, 1.807) is 0 Å². The zero-order valence-corrected chi connectivity index (χ0v) is 11.1. The first-order valence-corrected chi connectivity index (χ1v) is 6.57. The van der Waals surface area contributed by atoms with E-state index in [-0.39, 0.29) is 12.2 Å². The summed E-state index contributed by atoms with van der Waals surface area (Å²) < 4.78 is 24.9. The van der Waals surface area contributed by atoms with Crippen LogP contribution < -0.4 is 0 Å². The van der Waals surface area contributed by atoms with Crippen molar-refractivity contribution in [3.05, 3.63) is 0 Å². The summed E-state index contributed by atoms with van der Waals surface area (Å²) >= 11 is 0. The Hall–Kier alpha value is -0.190. The average molecular weight is 245 g/mol. The lowest BCUT2D eigenvalue weighted by atomic mass is 10.2. The molecule has 2 saturated heterocycles. The molecule has 0 aromatic carbocycles. The number of ether oxygens (including phenoxy) is 2. The van der Waals surface area contributed by atoms with Crippen molar-refractivity contribution in [1.29, 1.82) is 0 Å². The van der Waals surface area contributed by atoms with Crippen LogP contribution in [0.5, 0.6) is 0 Å². The van der Waals surface area contributed by atoms with Crippen LogP contribution in [0.4, 0.5) is 4.39 Å². The van der Waals surface area contributed by atoms with Gasteiger partial charge >= 0.3 is 0 Å². The van der Waals surface area contributed by atoms with E-state index < -0.39 is 6.17 Å². The van der Waals surface area contributed by atoms with Gasteiger partial charge in [-0.25, -0.2) is 4.39 Å². The number of rotatable bonds is 4. The summed E-state index contributed by atoms with van der Waals surface area (Å²) in [6.07, 6.45) is 1.41. The number of hydrogen-bond acceptors (Lipinski definition) is 3. The van der Waals surface area contributed by atoms with Crippen molar-refractivity contribution in [1.82, 2.24) is 4.90 Å². The molecule has 0 spiro atoms. The number of morpholine rings is 1. The zero-order valence-electron chi connectivity index (χ0n) is 11.1. The van der Waals surface area contributed by atoms with Gasteiger partial charge in [-0.1, -0.05) is 0 Å². The first kappa shape index (κ1) is 13.2. The third-order valence-corrected chi connectivity index (χ3v) is 3.50. The molecule has 3 atom stereocenters. The standard InChI is InChI=1S/C13H24FNO2/c1-13(2,3)17-7-10(14)6-15-11-4-5-12(15)9-16-8-11/h10-12H,4-9H2,1-3H3/t10-,11?,12?/m1/s1. The molecule has 2 heterocycles. The lowest BCUT2D eigenvalue weighted by Crippen LogP contribution is -2.49. The Morgan fingerprint density at radius 3 is 2.41 bits per heavy atom. The highest BCUT2D eigenvalue weighted by molar-refractivity contribution is 4.91. The second-order valence-corrected chi connectivity index (χ2v) is 6.14. The van der Waals surface area contributed by atoms with Crippen LogP contribution in [0.1, 0.15) is 33.6 Å². The lowest BCUT2D eigenvalue weighted by molar-refractivity contribution is -0.0574. The van der Waals surface area contributed by atoms with E-state index in [0.29, 0.717) is 18.6 Å². The van der Waals surface area contributed by atoms with Crippen LogP contribution in [-0.2, 0) is 9.47 Å². The minimum Gasteiger partial charge on any atom is -0.378 e. The van der Waals surface area contributed by atoms with Gasteiger partial charge in [0.25, 0.3) is 0 Å². The molecular weight excluding hydrogens is 221 g/mol. The molecule has 2 aliphatic rings. The lowest BCUT2D eigenvalue weighted by Gasteiger charge is -2.35. The summed E-state index contributed by atoms with van der Waals surface area (Å²) in [6, 6.07) is 0.864. The van der Waals surface area contributed by atoms with Crippen LogP contribution >= 0.6 is 0 Å². The summed E-state index contributed by atoms with van der Waals surface area (Å²) in [5.74, 6) is 0. The molecule has 0 aromatic rings. The van der Waals surface area contributed by atoms with Crippen LogP contribution in [0.25, 0.3) is 0 Å². The van der Waals surface area contributed by atoms with E-state index >= 15 is 0 Å². The predicted molar refractivity (Wildman–Crippen MR) is 64.9 cm³/mol. The van der Waals surface area contributed by atoms with Gasteiger partial charge in [-0.2, -0.15) is 0 Å². The van der Waals surface area contributed by atoms with Gasteiger partial charge in [-0.15, -0.1) is 0 Å². The van der Waals surface area contributed by atoms with E-state index in [1.807, 2.05) is 20.8 Å². The molecule has 2 rings (SSSR count). The summed E-state index contributed by atoms with van der Waals surface area (Å²) in [5.41, 5.74) is -0.256. The van der Waals surface area contributed by atoms with Gasteiger partial charge in [-0.3, -0.25) is 4.90 Å². The van der Waals surface area contributed by atoms with Crippen LogP contribution in [0.15, 0.2) is 0 Å². The molecule has 0 aromatic heterocycles. The molecule has 0 aliphatic carbocycles. The largest absolute Gasteiger partial charge is 0.378 e. The first-order chi connectivity index (χ1) is 7.96. The quantitative estimate of drug-likeness (QED) is 0.756. The minimum absolute atomic E-state index is 0.195. The van der Waals surface area contributed by atoms with E-state index in [1.165, 1.54) is 0 Å². The van der Waals surface area contributed by atoms with Crippen molar-refractivity contribution in [3.63, 3.8) is 0 Å². The number of halogens is 1. The minimum atomic E-state index is -0.893. The molecule has 0 N–H and O–H groups in total. The number of nitrogens with zero attached hydrogens (tertiary/aromatic N) is 1. The number of hydrogen-bond donors (Lipinski definition) is 0. The van der Waals surface area contributed by atoms with Gasteiger partial charge in [0.1, 0.15) is 6.17 Å². The summed E-state index contributed by atoms with van der Waals surface area (Å²) in [5, 5.41) is 0. The number of fused-ring (bicyclic) bond motifs is 2. The van der Waals surface area contributed by atoms with Crippen molar-refractivity contribution in [2.45, 2.75) is 57.5 Å². The summed E-state index contributed by atoms with van der Waals surface area (Å²) in [7, 11) is 0. The Kier molecular flexibility index (Phi) is 4.06. The Morgan fingerprint density at radius 1 is 1.29 bits per heavy atom. The van der Waals surface area contributed by atoms with Gasteiger partial charge < -0.3 is 9.47 Å². The fraction of sp³-hybridized carbons (Fsp3) is 1.00. The van der Waals surface area contributed by atoms with Gasteiger partial charge in [0.05, 0.1) is 25.4 Å². The molecule has 0 radical (unpaired) electrons. The first-order valence-electron chi connectivity index (χ1n) is 6.57. The van der Waals surface area contributed by atoms with Gasteiger partial charge in [0.15, 0.2) is 0 Å². The van der Waals surface area contributed by atoms with Crippen molar-refractivity contribution >= 4 is 0 Å². The highest BCUT2D eigenvalue weighted by Crippen LogP contribution is 2.29. The van der Waals surface area contributed by atoms with E-state index in [2.05, 4.69) is 4.90 Å². The highest BCUT2D eigenvalue weighted by Gasteiger charge is 2.38. The molecule has 3 nitrogen and oxygen atoms in total. The second-order valence-electron chi connectivity index (χ2n) is 6.14. The van der Waals surface area contributed by atoms with Crippen molar-refractivity contribution < 1.29 is 13.9 Å². The Labute approximate surface area is 103 Å². The monoisotopic (exact) mass is 245 g/mol. The molecule has 2 aliphatic heterocycles. The molecule has 2 fully saturated rings. The maximum atomic E-state index is 13.9. The highest BCUT2D eigenvalue weighted by atomic mass is 19.1. The molecule has 17 heavy (non-hydrogen) atoms. The average Bonchev–Trinajstić information content (AvgIpc) is 2.49. The molecule has 2 unspecified atom stereocenters. The topological polar surface area (TPSA) is 21.7 Å². The van der Waals surface area contributed by atoms with Crippen LogP contribution in [-0.4, -0.2) is 55.1 Å². The third-order valence-electron chi connectivity index (χ3n) is 3.50. The van der Waals surface area contributed by atoms with Gasteiger partial charge in [0.2, 0.25) is 0 Å². The van der Waals surface area contributed by atoms with Crippen molar-refractivity contribution in [3.8, 4) is 0 Å². The SMILES string of the molecule is CC(C)(C)OC[C@H](F)CN1C2CCC1COC2. The van der Waals surface area contributed by atoms with E-state index in [9.17, 15) is 4.39 Å². The number of alkyl halides is 1. The zero-order chi connectivity index (χ0) is 12.5. The van der Waals surface area contributed by atoms with Crippen LogP contribution in [0.2, 0.25) is 0 Å². The molecule has 0 amide bonds. The molecule has 0 saturated carbocycles. The van der Waals surface area contributed by atoms with Crippen LogP contribution in [0, 0.1) is 0 Å². The van der Waals surface area contributed by atoms with Gasteiger partial charge in [0, 0.05) is 18.6 Å². The van der Waals surface area contributed by atoms with E-state index in [0.717, 1.165) is 26.1 Å². The summed E-state index contributed by atoms with van der Waals surface area (Å²) in [4.78, 5) is 2.28. The Morgan fingerprint density at radius 2 is 1.88 bits per heavy atom. The maximum absolute atomic E-state index is 13.9. The predicted octanol–water partition coefficient (Wildman–Crippen LogP) is 2.00. The Balaban J connectivity index is 1.77. The maximum Gasteiger partial charge on any atom is 0.136 e. The van der Waals surface area contributed by atoms with Crippen molar-refractivity contribution in [2.75, 3.05) is 26.4 Å². The fourth-order valence-corrected chi connectivity index (χ4v) is 2.63. The smallest absolute Gasteiger partial charge is 0.136 e. The van der Waals surface area contributed by atoms with E-state index in [4.69, 9.17) is 9.47 Å². The second kappa shape index (κ2) is 5.21. The molecular formula is C13H24FNO2. The van der Waals surface area contributed by atoms with Crippen molar-refractivity contribution in [2.24, 2.45) is 0 Å². The summed E-state index contributed by atoms with van der Waals surface area (Å²) in [6.45, 7) is 8.09. The van der Waals surface area contributed by atoms with Gasteiger partial charge in [-0.05, 0) is 33.6 Å². The third kappa shape index (κ3) is 3.63. The fourth-order valence-electron chi connectivity index (χ4n) is 2.63.